The molecule has 0 saturated carbocycles. The van der Waals surface area contributed by atoms with Gasteiger partial charge in [0, 0.05) is 17.0 Å². The molecule has 0 fully saturated rings. The van der Waals surface area contributed by atoms with Crippen molar-refractivity contribution in [3.63, 3.8) is 0 Å². The van der Waals surface area contributed by atoms with E-state index in [9.17, 15) is 0 Å². The summed E-state index contributed by atoms with van der Waals surface area (Å²) in [6, 6.07) is 8.33. The Labute approximate surface area is 93.4 Å². The van der Waals surface area contributed by atoms with Crippen LogP contribution < -0.4 is 10.1 Å². The summed E-state index contributed by atoms with van der Waals surface area (Å²) in [5.41, 5.74) is 1.05. The van der Waals surface area contributed by atoms with E-state index in [2.05, 4.69) is 11.4 Å². The molecule has 1 aromatic rings. The molecule has 3 nitrogen and oxygen atoms in total. The SMILES string of the molecule is COc1ccc2c(c1)NC(C)C(C#N)S2. The van der Waals surface area contributed by atoms with Gasteiger partial charge in [-0.3, -0.25) is 0 Å². The Hall–Kier alpha value is -1.34. The second-order valence-corrected chi connectivity index (χ2v) is 4.65. The van der Waals surface area contributed by atoms with Crippen LogP contribution in [-0.2, 0) is 0 Å². The Morgan fingerprint density at radius 2 is 2.33 bits per heavy atom. The van der Waals surface area contributed by atoms with Gasteiger partial charge in [0.15, 0.2) is 0 Å². The zero-order valence-electron chi connectivity index (χ0n) is 8.65. The van der Waals surface area contributed by atoms with Gasteiger partial charge in [0.25, 0.3) is 0 Å². The minimum Gasteiger partial charge on any atom is -0.497 e. The van der Waals surface area contributed by atoms with Crippen molar-refractivity contribution in [3.05, 3.63) is 18.2 Å². The summed E-state index contributed by atoms with van der Waals surface area (Å²) in [4.78, 5) is 1.11. The summed E-state index contributed by atoms with van der Waals surface area (Å²) >= 11 is 1.61. The molecule has 1 heterocycles. The summed E-state index contributed by atoms with van der Waals surface area (Å²) in [7, 11) is 1.65. The van der Waals surface area contributed by atoms with Crippen LogP contribution in [0.5, 0.6) is 5.75 Å². The lowest BCUT2D eigenvalue weighted by Crippen LogP contribution is -2.30. The van der Waals surface area contributed by atoms with Crippen LogP contribution in [0.1, 0.15) is 6.92 Å². The Kier molecular flexibility index (Phi) is 2.74. The van der Waals surface area contributed by atoms with Gasteiger partial charge in [-0.1, -0.05) is 0 Å². The summed E-state index contributed by atoms with van der Waals surface area (Å²) in [6.45, 7) is 2.02. The molecule has 0 aliphatic carbocycles. The topological polar surface area (TPSA) is 45.0 Å². The minimum atomic E-state index is -0.0223. The Bertz CT molecular complexity index is 414. The van der Waals surface area contributed by atoms with Crippen LogP contribution in [0.15, 0.2) is 23.1 Å². The molecule has 0 saturated heterocycles. The van der Waals surface area contributed by atoms with E-state index in [0.29, 0.717) is 0 Å². The number of hydrogen-bond donors (Lipinski definition) is 1. The number of rotatable bonds is 1. The van der Waals surface area contributed by atoms with Gasteiger partial charge in [-0.05, 0) is 19.1 Å². The maximum atomic E-state index is 8.95. The molecule has 2 rings (SSSR count). The third kappa shape index (κ3) is 1.88. The Morgan fingerprint density at radius 1 is 1.53 bits per heavy atom. The highest BCUT2D eigenvalue weighted by molar-refractivity contribution is 8.00. The molecule has 0 aromatic heterocycles. The van der Waals surface area contributed by atoms with Crippen LogP contribution in [0.4, 0.5) is 5.69 Å². The van der Waals surface area contributed by atoms with Crippen molar-refractivity contribution in [3.8, 4) is 11.8 Å². The van der Waals surface area contributed by atoms with Crippen LogP contribution in [0.3, 0.4) is 0 Å². The molecule has 0 bridgehead atoms. The van der Waals surface area contributed by atoms with Crippen LogP contribution in [0.25, 0.3) is 0 Å². The first-order valence-electron chi connectivity index (χ1n) is 4.75. The molecule has 0 spiro atoms. The fourth-order valence-corrected chi connectivity index (χ4v) is 2.54. The third-order valence-corrected chi connectivity index (χ3v) is 3.78. The first kappa shape index (κ1) is 10.2. The molecule has 15 heavy (non-hydrogen) atoms. The van der Waals surface area contributed by atoms with Crippen molar-refractivity contribution in [1.29, 1.82) is 5.26 Å². The maximum absolute atomic E-state index is 8.95. The monoisotopic (exact) mass is 220 g/mol. The molecule has 1 aromatic carbocycles. The van der Waals surface area contributed by atoms with Crippen LogP contribution in [-0.4, -0.2) is 18.4 Å². The number of anilines is 1. The molecular formula is C11H12N2OS. The second-order valence-electron chi connectivity index (χ2n) is 3.46. The summed E-state index contributed by atoms with van der Waals surface area (Å²) in [5.74, 6) is 0.837. The molecule has 0 radical (unpaired) electrons. The van der Waals surface area contributed by atoms with Crippen LogP contribution in [0, 0.1) is 11.3 Å². The molecule has 2 unspecified atom stereocenters. The lowest BCUT2D eigenvalue weighted by Gasteiger charge is -2.27. The van der Waals surface area contributed by atoms with E-state index in [-0.39, 0.29) is 11.3 Å². The Balaban J connectivity index is 2.33. The summed E-state index contributed by atoms with van der Waals surface area (Å²) in [5, 5.41) is 12.2. The smallest absolute Gasteiger partial charge is 0.121 e. The zero-order valence-corrected chi connectivity index (χ0v) is 9.47. The van der Waals surface area contributed by atoms with Gasteiger partial charge in [-0.2, -0.15) is 5.26 Å². The van der Waals surface area contributed by atoms with Crippen molar-refractivity contribution < 1.29 is 4.74 Å². The molecule has 1 N–H and O–H groups in total. The number of thioether (sulfide) groups is 1. The highest BCUT2D eigenvalue weighted by Gasteiger charge is 2.25. The van der Waals surface area contributed by atoms with Crippen molar-refractivity contribution in [2.75, 3.05) is 12.4 Å². The lowest BCUT2D eigenvalue weighted by atomic mass is 10.2. The number of nitriles is 1. The fourth-order valence-electron chi connectivity index (χ4n) is 1.55. The number of nitrogens with one attached hydrogen (secondary N) is 1. The van der Waals surface area contributed by atoms with Gasteiger partial charge >= 0.3 is 0 Å². The third-order valence-electron chi connectivity index (χ3n) is 2.41. The average Bonchev–Trinajstić information content (AvgIpc) is 2.27. The van der Waals surface area contributed by atoms with E-state index < -0.39 is 0 Å². The summed E-state index contributed by atoms with van der Waals surface area (Å²) in [6.07, 6.45) is 0. The summed E-state index contributed by atoms with van der Waals surface area (Å²) < 4.78 is 5.15. The van der Waals surface area contributed by atoms with Gasteiger partial charge in [-0.25, -0.2) is 0 Å². The molecule has 1 aliphatic heterocycles. The van der Waals surface area contributed by atoms with Crippen LogP contribution in [0.2, 0.25) is 0 Å². The number of nitrogens with zero attached hydrogens (tertiary/aromatic N) is 1. The van der Waals surface area contributed by atoms with E-state index in [1.165, 1.54) is 0 Å². The van der Waals surface area contributed by atoms with Gasteiger partial charge in [0.1, 0.15) is 11.0 Å². The number of hydrogen-bond acceptors (Lipinski definition) is 4. The fraction of sp³-hybridized carbons (Fsp3) is 0.364. The number of methoxy groups -OCH3 is 1. The van der Waals surface area contributed by atoms with E-state index >= 15 is 0 Å². The van der Waals surface area contributed by atoms with Crippen molar-refractivity contribution >= 4 is 17.4 Å². The zero-order chi connectivity index (χ0) is 10.8. The van der Waals surface area contributed by atoms with Gasteiger partial charge in [0.05, 0.1) is 18.9 Å². The van der Waals surface area contributed by atoms with Gasteiger partial charge in [-0.15, -0.1) is 11.8 Å². The maximum Gasteiger partial charge on any atom is 0.121 e. The van der Waals surface area contributed by atoms with Gasteiger partial charge in [0.2, 0.25) is 0 Å². The molecule has 2 atom stereocenters. The number of fused-ring (bicyclic) bond motifs is 1. The standard InChI is InChI=1S/C11H12N2OS/c1-7-11(6-12)15-10-4-3-8(14-2)5-9(10)13-7/h3-5,7,11,13H,1-2H3. The average molecular weight is 220 g/mol. The molecular weight excluding hydrogens is 208 g/mol. The Morgan fingerprint density at radius 3 is 3.00 bits per heavy atom. The quantitative estimate of drug-likeness (QED) is 0.789. The predicted octanol–water partition coefficient (Wildman–Crippen LogP) is 2.49. The highest BCUT2D eigenvalue weighted by atomic mass is 32.2. The highest BCUT2D eigenvalue weighted by Crippen LogP contribution is 2.39. The van der Waals surface area contributed by atoms with E-state index in [0.717, 1.165) is 16.3 Å². The van der Waals surface area contributed by atoms with Gasteiger partial charge < -0.3 is 10.1 Å². The molecule has 78 valence electrons. The number of ether oxygens (including phenoxy) is 1. The normalized spacial score (nSPS) is 23.5. The number of benzene rings is 1. The van der Waals surface area contributed by atoms with E-state index in [4.69, 9.17) is 10.00 Å². The van der Waals surface area contributed by atoms with Crippen molar-refractivity contribution in [2.24, 2.45) is 0 Å². The molecule has 4 heteroatoms. The molecule has 0 amide bonds. The van der Waals surface area contributed by atoms with Crippen molar-refractivity contribution in [1.82, 2.24) is 0 Å². The van der Waals surface area contributed by atoms with E-state index in [1.54, 1.807) is 18.9 Å². The minimum absolute atomic E-state index is 0.0223. The van der Waals surface area contributed by atoms with Crippen molar-refractivity contribution in [2.45, 2.75) is 23.1 Å². The predicted molar refractivity (Wildman–Crippen MR) is 61.3 cm³/mol. The second kappa shape index (κ2) is 4.03. The first-order valence-corrected chi connectivity index (χ1v) is 5.63. The molecule has 1 aliphatic rings. The largest absolute Gasteiger partial charge is 0.497 e. The first-order chi connectivity index (χ1) is 7.24. The van der Waals surface area contributed by atoms with E-state index in [1.807, 2.05) is 25.1 Å². The lowest BCUT2D eigenvalue weighted by molar-refractivity contribution is 0.414. The van der Waals surface area contributed by atoms with Crippen LogP contribution >= 0.6 is 11.8 Å².